The molecule has 5 rings (SSSR count). The molecule has 0 spiro atoms. The molecule has 7 nitrogen and oxygen atoms in total. The van der Waals surface area contributed by atoms with Gasteiger partial charge < -0.3 is 10.2 Å². The van der Waals surface area contributed by atoms with E-state index in [1.54, 1.807) is 17.9 Å². The van der Waals surface area contributed by atoms with Crippen LogP contribution in [0.2, 0.25) is 5.02 Å². The fourth-order valence-corrected chi connectivity index (χ4v) is 4.71. The van der Waals surface area contributed by atoms with Crippen molar-refractivity contribution in [2.24, 2.45) is 7.05 Å². The Bertz CT molecular complexity index is 1270. The smallest absolute Gasteiger partial charge is 0.161 e. The second kappa shape index (κ2) is 7.39. The predicted molar refractivity (Wildman–Crippen MR) is 124 cm³/mol. The first-order valence-electron chi connectivity index (χ1n) is 10.3. The van der Waals surface area contributed by atoms with Crippen molar-refractivity contribution in [1.82, 2.24) is 24.9 Å². The third-order valence-corrected chi connectivity index (χ3v) is 6.56. The summed E-state index contributed by atoms with van der Waals surface area (Å²) in [6, 6.07) is 8.24. The van der Waals surface area contributed by atoms with Gasteiger partial charge in [-0.25, -0.2) is 4.39 Å². The summed E-state index contributed by atoms with van der Waals surface area (Å²) in [6.45, 7) is 6.34. The predicted octanol–water partition coefficient (Wildman–Crippen LogP) is 4.51. The van der Waals surface area contributed by atoms with Crippen LogP contribution in [0.3, 0.4) is 0 Å². The van der Waals surface area contributed by atoms with Crippen molar-refractivity contribution in [3.8, 4) is 0 Å². The molecule has 2 N–H and O–H groups in total. The highest BCUT2D eigenvalue weighted by molar-refractivity contribution is 6.36. The SMILES string of the molecule is C[C@@H]1CN(c2cc(Cl)c3c(Nc4cc(F)c5nn(C)cc5c4)n[nH]c3c2)C[C@@H](C)N1C. The highest BCUT2D eigenvalue weighted by Gasteiger charge is 2.27. The maximum atomic E-state index is 14.5. The molecule has 1 aliphatic heterocycles. The summed E-state index contributed by atoms with van der Waals surface area (Å²) in [5.74, 6) is 0.182. The number of nitrogens with one attached hydrogen (secondary N) is 2. The Morgan fingerprint density at radius 3 is 2.61 bits per heavy atom. The minimum absolute atomic E-state index is 0.346. The highest BCUT2D eigenvalue weighted by atomic mass is 35.5. The van der Waals surface area contributed by atoms with Crippen LogP contribution >= 0.6 is 11.6 Å². The van der Waals surface area contributed by atoms with Crippen molar-refractivity contribution in [3.05, 3.63) is 41.3 Å². The van der Waals surface area contributed by atoms with Crippen molar-refractivity contribution in [2.75, 3.05) is 30.4 Å². The second-order valence-electron chi connectivity index (χ2n) is 8.51. The lowest BCUT2D eigenvalue weighted by Crippen LogP contribution is -2.55. The molecule has 1 saturated heterocycles. The molecule has 3 heterocycles. The molecule has 162 valence electrons. The number of hydrogen-bond donors (Lipinski definition) is 2. The Labute approximate surface area is 184 Å². The number of aryl methyl sites for hydroxylation is 1. The quantitative estimate of drug-likeness (QED) is 0.489. The molecule has 0 amide bonds. The molecular formula is C22H25ClFN7. The zero-order chi connectivity index (χ0) is 21.9. The van der Waals surface area contributed by atoms with Gasteiger partial charge in [-0.15, -0.1) is 0 Å². The van der Waals surface area contributed by atoms with Crippen LogP contribution in [-0.2, 0) is 7.05 Å². The highest BCUT2D eigenvalue weighted by Crippen LogP contribution is 2.36. The van der Waals surface area contributed by atoms with Crippen LogP contribution < -0.4 is 10.2 Å². The summed E-state index contributed by atoms with van der Waals surface area (Å²) in [7, 11) is 3.94. The number of piperazine rings is 1. The number of H-pyrrole nitrogens is 1. The number of likely N-dealkylation sites (N-methyl/N-ethyl adjacent to an activating group) is 1. The zero-order valence-electron chi connectivity index (χ0n) is 17.9. The molecule has 1 aliphatic rings. The van der Waals surface area contributed by atoms with E-state index >= 15 is 0 Å². The zero-order valence-corrected chi connectivity index (χ0v) is 18.7. The Morgan fingerprint density at radius 1 is 1.13 bits per heavy atom. The van der Waals surface area contributed by atoms with E-state index in [1.165, 1.54) is 6.07 Å². The van der Waals surface area contributed by atoms with E-state index in [9.17, 15) is 4.39 Å². The van der Waals surface area contributed by atoms with E-state index in [0.717, 1.165) is 35.1 Å². The van der Waals surface area contributed by atoms with E-state index in [-0.39, 0.29) is 5.82 Å². The molecule has 0 saturated carbocycles. The van der Waals surface area contributed by atoms with Crippen molar-refractivity contribution in [1.29, 1.82) is 0 Å². The van der Waals surface area contributed by atoms with Crippen molar-refractivity contribution in [2.45, 2.75) is 25.9 Å². The number of anilines is 3. The third kappa shape index (κ3) is 3.49. The number of aromatic nitrogens is 4. The van der Waals surface area contributed by atoms with Gasteiger partial charge in [0.25, 0.3) is 0 Å². The minimum atomic E-state index is -0.382. The van der Waals surface area contributed by atoms with Crippen LogP contribution in [0.15, 0.2) is 30.5 Å². The summed E-state index contributed by atoms with van der Waals surface area (Å²) < 4.78 is 16.0. The summed E-state index contributed by atoms with van der Waals surface area (Å²) in [4.78, 5) is 4.76. The Hall–Kier alpha value is -2.84. The largest absolute Gasteiger partial charge is 0.368 e. The Balaban J connectivity index is 1.48. The van der Waals surface area contributed by atoms with E-state index in [4.69, 9.17) is 11.6 Å². The lowest BCUT2D eigenvalue weighted by atomic mass is 10.1. The molecule has 0 bridgehead atoms. The summed E-state index contributed by atoms with van der Waals surface area (Å²) in [5.41, 5.74) is 2.85. The first kappa shape index (κ1) is 20.1. The van der Waals surface area contributed by atoms with Gasteiger partial charge in [-0.3, -0.25) is 14.7 Å². The number of halogens is 2. The second-order valence-corrected chi connectivity index (χ2v) is 8.92. The molecule has 1 fully saturated rings. The van der Waals surface area contributed by atoms with Gasteiger partial charge in [0.05, 0.1) is 15.9 Å². The van der Waals surface area contributed by atoms with Crippen molar-refractivity contribution < 1.29 is 4.39 Å². The van der Waals surface area contributed by atoms with Crippen LogP contribution in [0.1, 0.15) is 13.8 Å². The Kier molecular flexibility index (Phi) is 4.79. The van der Waals surface area contributed by atoms with Crippen LogP contribution in [0.25, 0.3) is 21.8 Å². The number of benzene rings is 2. The average molecular weight is 442 g/mol. The van der Waals surface area contributed by atoms with Crippen LogP contribution in [-0.4, -0.2) is 57.1 Å². The van der Waals surface area contributed by atoms with Gasteiger partial charge >= 0.3 is 0 Å². The molecule has 9 heteroatoms. The Morgan fingerprint density at radius 2 is 1.87 bits per heavy atom. The van der Waals surface area contributed by atoms with Crippen molar-refractivity contribution >= 4 is 50.6 Å². The lowest BCUT2D eigenvalue weighted by Gasteiger charge is -2.43. The van der Waals surface area contributed by atoms with E-state index in [1.807, 2.05) is 12.1 Å². The van der Waals surface area contributed by atoms with Crippen LogP contribution in [0, 0.1) is 5.82 Å². The molecule has 0 radical (unpaired) electrons. The molecule has 31 heavy (non-hydrogen) atoms. The van der Waals surface area contributed by atoms with Crippen LogP contribution in [0.4, 0.5) is 21.6 Å². The topological polar surface area (TPSA) is 65.0 Å². The summed E-state index contributed by atoms with van der Waals surface area (Å²) in [6.07, 6.45) is 1.78. The van der Waals surface area contributed by atoms with Gasteiger partial charge in [-0.05, 0) is 45.2 Å². The monoisotopic (exact) mass is 441 g/mol. The molecule has 0 unspecified atom stereocenters. The number of hydrogen-bond acceptors (Lipinski definition) is 5. The number of nitrogens with zero attached hydrogens (tertiary/aromatic N) is 5. The molecule has 0 aliphatic carbocycles. The number of fused-ring (bicyclic) bond motifs is 2. The lowest BCUT2D eigenvalue weighted by molar-refractivity contribution is 0.170. The molecule has 2 atom stereocenters. The van der Waals surface area contributed by atoms with Crippen molar-refractivity contribution in [3.63, 3.8) is 0 Å². The molecular weight excluding hydrogens is 417 g/mol. The maximum absolute atomic E-state index is 14.5. The molecule has 2 aromatic heterocycles. The minimum Gasteiger partial charge on any atom is -0.368 e. The first-order valence-corrected chi connectivity index (χ1v) is 10.7. The van der Waals surface area contributed by atoms with Gasteiger partial charge in [0, 0.05) is 55.2 Å². The third-order valence-electron chi connectivity index (χ3n) is 6.26. The van der Waals surface area contributed by atoms with E-state index < -0.39 is 0 Å². The fourth-order valence-electron chi connectivity index (χ4n) is 4.40. The van der Waals surface area contributed by atoms with E-state index in [0.29, 0.717) is 34.1 Å². The van der Waals surface area contributed by atoms with Gasteiger partial charge in [0.1, 0.15) is 5.52 Å². The maximum Gasteiger partial charge on any atom is 0.161 e. The van der Waals surface area contributed by atoms with Gasteiger partial charge in [-0.1, -0.05) is 11.6 Å². The summed E-state index contributed by atoms with van der Waals surface area (Å²) in [5, 5.41) is 16.9. The van der Waals surface area contributed by atoms with Crippen LogP contribution in [0.5, 0.6) is 0 Å². The van der Waals surface area contributed by atoms with E-state index in [2.05, 4.69) is 57.4 Å². The number of aromatic amines is 1. The van der Waals surface area contributed by atoms with Gasteiger partial charge in [0.15, 0.2) is 11.6 Å². The average Bonchev–Trinajstić information content (AvgIpc) is 3.29. The fraction of sp³-hybridized carbons (Fsp3) is 0.364. The molecule has 4 aromatic rings. The van der Waals surface area contributed by atoms with Gasteiger partial charge in [0.2, 0.25) is 0 Å². The summed E-state index contributed by atoms with van der Waals surface area (Å²) >= 11 is 6.70. The number of rotatable bonds is 3. The standard InChI is InChI=1S/C22H25ClFN7/c1-12-9-31(10-13(2)30(12)4)16-7-17(23)20-19(8-16)26-27-22(20)25-15-5-14-11-29(3)28-21(14)18(24)6-15/h5-8,11-13H,9-10H2,1-4H3,(H2,25,26,27)/t12-,13-/m1/s1. The normalized spacial score (nSPS) is 20.1. The first-order chi connectivity index (χ1) is 14.8. The van der Waals surface area contributed by atoms with Gasteiger partial charge in [-0.2, -0.15) is 10.2 Å². The molecule has 2 aromatic carbocycles.